The fraction of sp³-hybridized carbons (Fsp3) is 0.500. The van der Waals surface area contributed by atoms with Crippen molar-refractivity contribution in [3.8, 4) is 0 Å². The minimum absolute atomic E-state index is 0.0126. The van der Waals surface area contributed by atoms with Crippen molar-refractivity contribution < 1.29 is 4.79 Å². The van der Waals surface area contributed by atoms with Crippen LogP contribution in [0.2, 0.25) is 0 Å². The van der Waals surface area contributed by atoms with E-state index in [9.17, 15) is 4.79 Å². The Morgan fingerprint density at radius 3 is 2.65 bits per heavy atom. The molecule has 1 aliphatic carbocycles. The highest BCUT2D eigenvalue weighted by Gasteiger charge is 2.56. The molecule has 1 aliphatic rings. The van der Waals surface area contributed by atoms with E-state index in [-0.39, 0.29) is 17.4 Å². The molecule has 2 atom stereocenters. The molecule has 1 aromatic rings. The number of amides is 1. The van der Waals surface area contributed by atoms with Gasteiger partial charge in [-0.25, -0.2) is 0 Å². The number of nitrogens with two attached hydrogens (primary N) is 1. The van der Waals surface area contributed by atoms with Crippen LogP contribution in [0.15, 0.2) is 24.3 Å². The van der Waals surface area contributed by atoms with Gasteiger partial charge in [-0.15, -0.1) is 0 Å². The summed E-state index contributed by atoms with van der Waals surface area (Å²) in [7, 11) is 0. The van der Waals surface area contributed by atoms with Crippen LogP contribution < -0.4 is 11.1 Å². The third-order valence-corrected chi connectivity index (χ3v) is 3.76. The van der Waals surface area contributed by atoms with Gasteiger partial charge in [0.25, 0.3) is 5.91 Å². The largest absolute Gasteiger partial charge is 0.352 e. The first-order chi connectivity index (χ1) is 7.98. The summed E-state index contributed by atoms with van der Waals surface area (Å²) in [5.74, 6) is 0.359. The second kappa shape index (κ2) is 4.15. The van der Waals surface area contributed by atoms with Crippen LogP contribution in [0.25, 0.3) is 0 Å². The molecule has 0 aliphatic heterocycles. The lowest BCUT2D eigenvalue weighted by molar-refractivity contribution is 0.0955. The van der Waals surface area contributed by atoms with Gasteiger partial charge < -0.3 is 11.1 Å². The van der Waals surface area contributed by atoms with Crippen molar-refractivity contribution in [2.45, 2.75) is 32.7 Å². The van der Waals surface area contributed by atoms with E-state index in [0.29, 0.717) is 12.5 Å². The van der Waals surface area contributed by atoms with E-state index in [4.69, 9.17) is 5.73 Å². The molecular formula is C14H20N2O. The molecular weight excluding hydrogens is 212 g/mol. The fourth-order valence-electron chi connectivity index (χ4n) is 2.45. The summed E-state index contributed by atoms with van der Waals surface area (Å²) < 4.78 is 0. The summed E-state index contributed by atoms with van der Waals surface area (Å²) in [4.78, 5) is 11.7. The lowest BCUT2D eigenvalue weighted by Gasteiger charge is -2.06. The highest BCUT2D eigenvalue weighted by atomic mass is 16.1. The Hall–Kier alpha value is -1.35. The molecule has 1 saturated carbocycles. The van der Waals surface area contributed by atoms with Crippen molar-refractivity contribution >= 4 is 5.91 Å². The Balaban J connectivity index is 2.22. The molecule has 2 unspecified atom stereocenters. The van der Waals surface area contributed by atoms with Crippen molar-refractivity contribution in [3.63, 3.8) is 0 Å². The van der Waals surface area contributed by atoms with E-state index in [0.717, 1.165) is 5.56 Å². The van der Waals surface area contributed by atoms with Gasteiger partial charge in [-0.2, -0.15) is 0 Å². The maximum absolute atomic E-state index is 11.7. The van der Waals surface area contributed by atoms with E-state index in [1.807, 2.05) is 25.1 Å². The third kappa shape index (κ3) is 2.07. The average molecular weight is 232 g/mol. The van der Waals surface area contributed by atoms with Crippen LogP contribution in [-0.2, 0) is 0 Å². The lowest BCUT2D eigenvalue weighted by Crippen LogP contribution is -2.22. The van der Waals surface area contributed by atoms with Gasteiger partial charge in [0.15, 0.2) is 0 Å². The van der Waals surface area contributed by atoms with E-state index in [1.165, 1.54) is 5.56 Å². The van der Waals surface area contributed by atoms with Crippen molar-refractivity contribution in [3.05, 3.63) is 35.4 Å². The molecule has 0 saturated heterocycles. The van der Waals surface area contributed by atoms with Crippen molar-refractivity contribution in [1.82, 2.24) is 5.32 Å². The summed E-state index contributed by atoms with van der Waals surface area (Å²) >= 11 is 0. The molecule has 1 amide bonds. The zero-order valence-electron chi connectivity index (χ0n) is 10.7. The van der Waals surface area contributed by atoms with E-state index in [1.54, 1.807) is 0 Å². The van der Waals surface area contributed by atoms with Crippen LogP contribution >= 0.6 is 0 Å². The Bertz CT molecular complexity index is 440. The SMILES string of the molecule is CCNC(=O)c1cccc(C2C(N)C2(C)C)c1. The van der Waals surface area contributed by atoms with Crippen LogP contribution in [0.1, 0.15) is 42.6 Å². The molecule has 17 heavy (non-hydrogen) atoms. The number of carbonyl (C=O) groups excluding carboxylic acids is 1. The predicted octanol–water partition coefficient (Wildman–Crippen LogP) is 1.89. The number of nitrogens with one attached hydrogen (secondary N) is 1. The van der Waals surface area contributed by atoms with Gasteiger partial charge in [-0.05, 0) is 30.0 Å². The van der Waals surface area contributed by atoms with Crippen LogP contribution in [0, 0.1) is 5.41 Å². The first kappa shape index (κ1) is 12.1. The second-order valence-electron chi connectivity index (χ2n) is 5.31. The Kier molecular flexibility index (Phi) is 2.96. The summed E-state index contributed by atoms with van der Waals surface area (Å²) in [6, 6.07) is 8.00. The van der Waals surface area contributed by atoms with Crippen LogP contribution in [0.3, 0.4) is 0 Å². The average Bonchev–Trinajstić information content (AvgIpc) is 2.79. The minimum atomic E-state index is -0.0126. The molecule has 3 N–H and O–H groups in total. The number of hydrogen-bond donors (Lipinski definition) is 2. The number of hydrogen-bond acceptors (Lipinski definition) is 2. The van der Waals surface area contributed by atoms with Crippen molar-refractivity contribution in [2.75, 3.05) is 6.54 Å². The molecule has 0 bridgehead atoms. The maximum Gasteiger partial charge on any atom is 0.251 e. The molecule has 1 fully saturated rings. The lowest BCUT2D eigenvalue weighted by atomic mass is 10.0. The summed E-state index contributed by atoms with van der Waals surface area (Å²) in [6.07, 6.45) is 0. The Labute approximate surface area is 102 Å². The zero-order chi connectivity index (χ0) is 12.6. The van der Waals surface area contributed by atoms with E-state index >= 15 is 0 Å². The van der Waals surface area contributed by atoms with Crippen molar-refractivity contribution in [2.24, 2.45) is 11.1 Å². The van der Waals surface area contributed by atoms with Gasteiger partial charge in [-0.1, -0.05) is 26.0 Å². The summed E-state index contributed by atoms with van der Waals surface area (Å²) in [6.45, 7) is 6.90. The topological polar surface area (TPSA) is 55.1 Å². The van der Waals surface area contributed by atoms with Crippen LogP contribution in [-0.4, -0.2) is 18.5 Å². The Morgan fingerprint density at radius 2 is 2.12 bits per heavy atom. The van der Waals surface area contributed by atoms with E-state index < -0.39 is 0 Å². The molecule has 0 radical (unpaired) electrons. The summed E-state index contributed by atoms with van der Waals surface area (Å²) in [5, 5.41) is 2.81. The first-order valence-electron chi connectivity index (χ1n) is 6.12. The highest BCUT2D eigenvalue weighted by molar-refractivity contribution is 5.94. The third-order valence-electron chi connectivity index (χ3n) is 3.76. The molecule has 3 nitrogen and oxygen atoms in total. The van der Waals surface area contributed by atoms with Gasteiger partial charge in [0.1, 0.15) is 0 Å². The Morgan fingerprint density at radius 1 is 1.47 bits per heavy atom. The molecule has 1 aromatic carbocycles. The van der Waals surface area contributed by atoms with E-state index in [2.05, 4.69) is 25.2 Å². The molecule has 3 heteroatoms. The number of carbonyl (C=O) groups is 1. The second-order valence-corrected chi connectivity index (χ2v) is 5.31. The number of rotatable bonds is 3. The van der Waals surface area contributed by atoms with Gasteiger partial charge in [0, 0.05) is 24.1 Å². The minimum Gasteiger partial charge on any atom is -0.352 e. The quantitative estimate of drug-likeness (QED) is 0.836. The zero-order valence-corrected chi connectivity index (χ0v) is 10.7. The maximum atomic E-state index is 11.7. The molecule has 92 valence electrons. The van der Waals surface area contributed by atoms with Gasteiger partial charge >= 0.3 is 0 Å². The fourth-order valence-corrected chi connectivity index (χ4v) is 2.45. The molecule has 2 rings (SSSR count). The highest BCUT2D eigenvalue weighted by Crippen LogP contribution is 2.57. The number of benzene rings is 1. The first-order valence-corrected chi connectivity index (χ1v) is 6.12. The van der Waals surface area contributed by atoms with Gasteiger partial charge in [0.2, 0.25) is 0 Å². The normalized spacial score (nSPS) is 25.4. The van der Waals surface area contributed by atoms with Crippen LogP contribution in [0.5, 0.6) is 0 Å². The smallest absolute Gasteiger partial charge is 0.251 e. The van der Waals surface area contributed by atoms with Gasteiger partial charge in [0.05, 0.1) is 0 Å². The molecule has 0 aromatic heterocycles. The molecule has 0 heterocycles. The monoisotopic (exact) mass is 232 g/mol. The van der Waals surface area contributed by atoms with Crippen LogP contribution in [0.4, 0.5) is 0 Å². The standard InChI is InChI=1S/C14H20N2O/c1-4-16-13(17)10-7-5-6-9(8-10)11-12(15)14(11,2)3/h5-8,11-12H,4,15H2,1-3H3,(H,16,17). The molecule has 0 spiro atoms. The van der Waals surface area contributed by atoms with Gasteiger partial charge in [-0.3, -0.25) is 4.79 Å². The predicted molar refractivity (Wildman–Crippen MR) is 68.9 cm³/mol. The van der Waals surface area contributed by atoms with Crippen molar-refractivity contribution in [1.29, 1.82) is 0 Å². The summed E-state index contributed by atoms with van der Waals surface area (Å²) in [5.41, 5.74) is 8.11.